The largest absolute Gasteiger partial charge is 0.497 e. The Kier molecular flexibility index (Phi) is 3.69. The Morgan fingerprint density at radius 2 is 2.10 bits per heavy atom. The van der Waals surface area contributed by atoms with E-state index < -0.39 is 11.9 Å². The maximum absolute atomic E-state index is 11.9. The number of carbonyl (C=O) groups excluding carboxylic acids is 1. The molecule has 0 saturated carbocycles. The van der Waals surface area contributed by atoms with Crippen molar-refractivity contribution in [3.63, 3.8) is 0 Å². The predicted octanol–water partition coefficient (Wildman–Crippen LogP) is 1.38. The van der Waals surface area contributed by atoms with Crippen LogP contribution in [0, 0.1) is 0 Å². The number of rotatable bonds is 4. The van der Waals surface area contributed by atoms with E-state index in [2.05, 4.69) is 10.4 Å². The highest BCUT2D eigenvalue weighted by molar-refractivity contribution is 6.06. The SMILES string of the molecule is COc1ccc(NC(=O)c2ccn(C)n2)c(C(=O)O)c1. The molecule has 0 spiro atoms. The molecule has 0 aliphatic carbocycles. The number of aromatic nitrogens is 2. The molecule has 1 aromatic carbocycles. The smallest absolute Gasteiger partial charge is 0.337 e. The van der Waals surface area contributed by atoms with Crippen LogP contribution in [-0.4, -0.2) is 33.9 Å². The number of anilines is 1. The molecule has 2 N–H and O–H groups in total. The van der Waals surface area contributed by atoms with E-state index in [0.717, 1.165) is 0 Å². The van der Waals surface area contributed by atoms with Gasteiger partial charge in [-0.25, -0.2) is 4.79 Å². The van der Waals surface area contributed by atoms with E-state index in [1.807, 2.05) is 0 Å². The molecule has 7 heteroatoms. The quantitative estimate of drug-likeness (QED) is 0.879. The number of amides is 1. The first kappa shape index (κ1) is 13.6. The van der Waals surface area contributed by atoms with Gasteiger partial charge in [0.25, 0.3) is 5.91 Å². The van der Waals surface area contributed by atoms with Gasteiger partial charge in [0.1, 0.15) is 5.75 Å². The van der Waals surface area contributed by atoms with E-state index in [4.69, 9.17) is 9.84 Å². The number of hydrogen-bond acceptors (Lipinski definition) is 4. The predicted molar refractivity (Wildman–Crippen MR) is 71.1 cm³/mol. The third-order valence-corrected chi connectivity index (χ3v) is 2.65. The highest BCUT2D eigenvalue weighted by atomic mass is 16.5. The minimum Gasteiger partial charge on any atom is -0.497 e. The Hall–Kier alpha value is -2.83. The van der Waals surface area contributed by atoms with Crippen LogP contribution in [0.25, 0.3) is 0 Å². The Balaban J connectivity index is 2.29. The van der Waals surface area contributed by atoms with E-state index in [-0.39, 0.29) is 16.9 Å². The number of aryl methyl sites for hydroxylation is 1. The fraction of sp³-hybridized carbons (Fsp3) is 0.154. The molecule has 1 amide bonds. The summed E-state index contributed by atoms with van der Waals surface area (Å²) in [4.78, 5) is 23.1. The first-order valence-corrected chi connectivity index (χ1v) is 5.73. The van der Waals surface area contributed by atoms with Crippen LogP contribution in [-0.2, 0) is 7.05 Å². The summed E-state index contributed by atoms with van der Waals surface area (Å²) in [5.41, 5.74) is 0.349. The van der Waals surface area contributed by atoms with Crippen molar-refractivity contribution in [2.75, 3.05) is 12.4 Å². The lowest BCUT2D eigenvalue weighted by Gasteiger charge is -2.09. The van der Waals surface area contributed by atoms with Crippen molar-refractivity contribution < 1.29 is 19.4 Å². The van der Waals surface area contributed by atoms with Gasteiger partial charge in [-0.05, 0) is 24.3 Å². The summed E-state index contributed by atoms with van der Waals surface area (Å²) >= 11 is 0. The normalized spacial score (nSPS) is 10.1. The summed E-state index contributed by atoms with van der Waals surface area (Å²) in [5, 5.41) is 15.6. The topological polar surface area (TPSA) is 93.5 Å². The Morgan fingerprint density at radius 3 is 2.65 bits per heavy atom. The average molecular weight is 275 g/mol. The van der Waals surface area contributed by atoms with Crippen molar-refractivity contribution in [1.29, 1.82) is 0 Å². The number of benzene rings is 1. The first-order chi connectivity index (χ1) is 9.51. The van der Waals surface area contributed by atoms with Crippen molar-refractivity contribution >= 4 is 17.6 Å². The van der Waals surface area contributed by atoms with Gasteiger partial charge < -0.3 is 15.2 Å². The van der Waals surface area contributed by atoms with Crippen molar-refractivity contribution in [1.82, 2.24) is 9.78 Å². The van der Waals surface area contributed by atoms with Gasteiger partial charge in [-0.2, -0.15) is 5.10 Å². The van der Waals surface area contributed by atoms with Crippen LogP contribution in [0.3, 0.4) is 0 Å². The highest BCUT2D eigenvalue weighted by Gasteiger charge is 2.16. The number of carboxylic acids is 1. The molecule has 0 bridgehead atoms. The number of nitrogens with zero attached hydrogens (tertiary/aromatic N) is 2. The molecule has 0 aliphatic heterocycles. The number of carboxylic acid groups (broad SMARTS) is 1. The molecule has 2 rings (SSSR count). The zero-order chi connectivity index (χ0) is 14.7. The fourth-order valence-electron chi connectivity index (χ4n) is 1.66. The molecular weight excluding hydrogens is 262 g/mol. The minimum absolute atomic E-state index is 0.0476. The van der Waals surface area contributed by atoms with E-state index in [0.29, 0.717) is 5.75 Å². The van der Waals surface area contributed by atoms with Crippen molar-refractivity contribution in [2.24, 2.45) is 7.05 Å². The standard InChI is InChI=1S/C13H13N3O4/c1-16-6-5-11(15-16)12(17)14-10-4-3-8(20-2)7-9(10)13(18)19/h3-7H,1-2H3,(H,14,17)(H,18,19). The molecule has 1 aromatic heterocycles. The molecule has 0 aliphatic rings. The second kappa shape index (κ2) is 5.43. The average Bonchev–Trinajstić information content (AvgIpc) is 2.85. The van der Waals surface area contributed by atoms with Gasteiger partial charge in [0, 0.05) is 13.2 Å². The lowest BCUT2D eigenvalue weighted by atomic mass is 10.1. The van der Waals surface area contributed by atoms with Crippen molar-refractivity contribution in [3.05, 3.63) is 41.7 Å². The van der Waals surface area contributed by atoms with Gasteiger partial charge in [0.2, 0.25) is 0 Å². The van der Waals surface area contributed by atoms with Crippen LogP contribution < -0.4 is 10.1 Å². The summed E-state index contributed by atoms with van der Waals surface area (Å²) in [6, 6.07) is 5.93. The Bertz CT molecular complexity index is 663. The molecule has 0 saturated heterocycles. The molecular formula is C13H13N3O4. The van der Waals surface area contributed by atoms with Crippen LogP contribution in [0.1, 0.15) is 20.8 Å². The van der Waals surface area contributed by atoms with Crippen molar-refractivity contribution in [3.8, 4) is 5.75 Å². The summed E-state index contributed by atoms with van der Waals surface area (Å²) in [6.07, 6.45) is 1.63. The maximum atomic E-state index is 11.9. The number of aromatic carboxylic acids is 1. The number of carbonyl (C=O) groups is 2. The number of methoxy groups -OCH3 is 1. The summed E-state index contributed by atoms with van der Waals surface area (Å²) in [5.74, 6) is -1.23. The summed E-state index contributed by atoms with van der Waals surface area (Å²) < 4.78 is 6.45. The van der Waals surface area contributed by atoms with E-state index >= 15 is 0 Å². The first-order valence-electron chi connectivity index (χ1n) is 5.73. The highest BCUT2D eigenvalue weighted by Crippen LogP contribution is 2.22. The summed E-state index contributed by atoms with van der Waals surface area (Å²) in [6.45, 7) is 0. The van der Waals surface area contributed by atoms with Gasteiger partial charge >= 0.3 is 5.97 Å². The van der Waals surface area contributed by atoms with Crippen molar-refractivity contribution in [2.45, 2.75) is 0 Å². The second-order valence-corrected chi connectivity index (χ2v) is 4.05. The molecule has 0 radical (unpaired) electrons. The lowest BCUT2D eigenvalue weighted by Crippen LogP contribution is -2.15. The zero-order valence-electron chi connectivity index (χ0n) is 11.0. The Labute approximate surface area is 114 Å². The second-order valence-electron chi connectivity index (χ2n) is 4.05. The van der Waals surface area contributed by atoms with Gasteiger partial charge in [0.15, 0.2) is 5.69 Å². The zero-order valence-corrected chi connectivity index (χ0v) is 11.0. The molecule has 1 heterocycles. The van der Waals surface area contributed by atoms with Gasteiger partial charge in [-0.15, -0.1) is 0 Å². The van der Waals surface area contributed by atoms with Crippen LogP contribution in [0.2, 0.25) is 0 Å². The third kappa shape index (κ3) is 2.77. The monoisotopic (exact) mass is 275 g/mol. The van der Waals surface area contributed by atoms with E-state index in [1.165, 1.54) is 23.9 Å². The molecule has 104 valence electrons. The number of ether oxygens (including phenoxy) is 1. The molecule has 2 aromatic rings. The summed E-state index contributed by atoms with van der Waals surface area (Å²) in [7, 11) is 3.12. The van der Waals surface area contributed by atoms with Crippen LogP contribution in [0.15, 0.2) is 30.5 Å². The van der Waals surface area contributed by atoms with Crippen LogP contribution in [0.5, 0.6) is 5.75 Å². The lowest BCUT2D eigenvalue weighted by molar-refractivity contribution is 0.0697. The number of nitrogens with one attached hydrogen (secondary N) is 1. The van der Waals surface area contributed by atoms with E-state index in [1.54, 1.807) is 25.4 Å². The molecule has 0 fully saturated rings. The molecule has 0 atom stereocenters. The van der Waals surface area contributed by atoms with Crippen LogP contribution in [0.4, 0.5) is 5.69 Å². The molecule has 20 heavy (non-hydrogen) atoms. The third-order valence-electron chi connectivity index (χ3n) is 2.65. The number of hydrogen-bond donors (Lipinski definition) is 2. The van der Waals surface area contributed by atoms with Gasteiger partial charge in [-0.1, -0.05) is 0 Å². The van der Waals surface area contributed by atoms with Crippen LogP contribution >= 0.6 is 0 Å². The van der Waals surface area contributed by atoms with E-state index in [9.17, 15) is 9.59 Å². The van der Waals surface area contributed by atoms with Gasteiger partial charge in [-0.3, -0.25) is 9.48 Å². The van der Waals surface area contributed by atoms with Gasteiger partial charge in [0.05, 0.1) is 18.4 Å². The maximum Gasteiger partial charge on any atom is 0.337 e. The Morgan fingerprint density at radius 1 is 1.35 bits per heavy atom. The molecule has 7 nitrogen and oxygen atoms in total. The fourth-order valence-corrected chi connectivity index (χ4v) is 1.66. The molecule has 0 unspecified atom stereocenters. The minimum atomic E-state index is -1.15.